The van der Waals surface area contributed by atoms with Crippen molar-refractivity contribution in [1.82, 2.24) is 0 Å². The molecule has 1 fully saturated rings. The molecule has 1 aliphatic carbocycles. The van der Waals surface area contributed by atoms with E-state index in [0.717, 1.165) is 12.2 Å². The van der Waals surface area contributed by atoms with Gasteiger partial charge in [0.05, 0.1) is 6.61 Å². The molecule has 6 N–H and O–H groups in total. The zero-order valence-electron chi connectivity index (χ0n) is 10.9. The molecule has 0 aromatic rings. The van der Waals surface area contributed by atoms with Gasteiger partial charge in [0.1, 0.15) is 42.7 Å². The summed E-state index contributed by atoms with van der Waals surface area (Å²) < 4.78 is 10.3. The molecular formula is C12H17NO8. The molecule has 2 aliphatic rings. The maximum Gasteiger partial charge on any atom is 0.204 e. The largest absolute Gasteiger partial charge is 0.394 e. The van der Waals surface area contributed by atoms with Crippen LogP contribution in [0.2, 0.25) is 0 Å². The Kier molecular flexibility index (Phi) is 4.62. The van der Waals surface area contributed by atoms with Crippen LogP contribution in [0.5, 0.6) is 0 Å². The van der Waals surface area contributed by atoms with E-state index in [9.17, 15) is 25.5 Å². The van der Waals surface area contributed by atoms with Crippen molar-refractivity contribution in [2.75, 3.05) is 6.61 Å². The number of rotatable bonds is 3. The number of aliphatic hydroxyl groups is 6. The van der Waals surface area contributed by atoms with Crippen molar-refractivity contribution in [2.45, 2.75) is 48.5 Å². The van der Waals surface area contributed by atoms with E-state index in [0.29, 0.717) is 0 Å². The van der Waals surface area contributed by atoms with Gasteiger partial charge < -0.3 is 40.1 Å². The lowest BCUT2D eigenvalue weighted by Gasteiger charge is -2.42. The quantitative estimate of drug-likeness (QED) is 0.288. The van der Waals surface area contributed by atoms with Crippen molar-refractivity contribution < 1.29 is 40.1 Å². The standard InChI is InChI=1S/C12H17NO8/c13-4-12(2-1-5(15)10(12)19)21-11-9(18)8(17)7(16)6(3-14)20-11/h1-2,5-11,14-19H,3H2/t5-,6+,7-,8-,9-,10+,11-,12+/m1/s1. The van der Waals surface area contributed by atoms with Crippen LogP contribution < -0.4 is 0 Å². The van der Waals surface area contributed by atoms with E-state index >= 15 is 0 Å². The summed E-state index contributed by atoms with van der Waals surface area (Å²) in [6, 6.07) is 1.67. The molecule has 2 rings (SSSR count). The second kappa shape index (κ2) is 5.96. The Morgan fingerprint density at radius 3 is 2.29 bits per heavy atom. The summed E-state index contributed by atoms with van der Waals surface area (Å²) in [6.07, 6.45) is -8.36. The minimum absolute atomic E-state index is 0.647. The first-order valence-corrected chi connectivity index (χ1v) is 6.31. The predicted molar refractivity (Wildman–Crippen MR) is 64.3 cm³/mol. The summed E-state index contributed by atoms with van der Waals surface area (Å²) in [5.74, 6) is 0. The number of hydrogen-bond donors (Lipinski definition) is 6. The third-order valence-corrected chi connectivity index (χ3v) is 3.64. The molecule has 1 heterocycles. The van der Waals surface area contributed by atoms with Crippen molar-refractivity contribution >= 4 is 0 Å². The van der Waals surface area contributed by atoms with Crippen LogP contribution in [0.1, 0.15) is 0 Å². The first-order chi connectivity index (χ1) is 9.86. The van der Waals surface area contributed by atoms with Gasteiger partial charge >= 0.3 is 0 Å². The summed E-state index contributed by atoms with van der Waals surface area (Å²) in [4.78, 5) is 0. The maximum atomic E-state index is 9.82. The fraction of sp³-hybridized carbons (Fsp3) is 0.750. The van der Waals surface area contributed by atoms with Gasteiger partial charge in [-0.15, -0.1) is 0 Å². The van der Waals surface area contributed by atoms with Gasteiger partial charge in [0.2, 0.25) is 5.60 Å². The maximum absolute atomic E-state index is 9.82. The summed E-state index contributed by atoms with van der Waals surface area (Å²) in [5, 5.41) is 66.6. The van der Waals surface area contributed by atoms with Crippen molar-refractivity contribution in [3.63, 3.8) is 0 Å². The molecule has 21 heavy (non-hydrogen) atoms. The van der Waals surface area contributed by atoms with Crippen molar-refractivity contribution in [1.29, 1.82) is 5.26 Å². The van der Waals surface area contributed by atoms with E-state index in [1.54, 1.807) is 6.07 Å². The van der Waals surface area contributed by atoms with Crippen LogP contribution >= 0.6 is 0 Å². The fourth-order valence-electron chi connectivity index (χ4n) is 2.29. The molecule has 0 bridgehead atoms. The second-order valence-corrected chi connectivity index (χ2v) is 5.01. The van der Waals surface area contributed by atoms with E-state index in [2.05, 4.69) is 0 Å². The molecule has 0 saturated carbocycles. The van der Waals surface area contributed by atoms with Crippen LogP contribution in [0.4, 0.5) is 0 Å². The van der Waals surface area contributed by atoms with Crippen LogP contribution in [0.25, 0.3) is 0 Å². The normalized spacial score (nSPS) is 50.0. The molecule has 0 radical (unpaired) electrons. The molecule has 0 amide bonds. The van der Waals surface area contributed by atoms with Crippen LogP contribution in [-0.4, -0.2) is 85.8 Å². The summed E-state index contributed by atoms with van der Waals surface area (Å²) in [5.41, 5.74) is -1.97. The average molecular weight is 303 g/mol. The van der Waals surface area contributed by atoms with E-state index in [1.807, 2.05) is 0 Å². The molecule has 1 aliphatic heterocycles. The Hall–Kier alpha value is -1.09. The minimum Gasteiger partial charge on any atom is -0.394 e. The van der Waals surface area contributed by atoms with E-state index in [4.69, 9.17) is 19.8 Å². The number of nitrogens with zero attached hydrogens (tertiary/aromatic N) is 1. The summed E-state index contributed by atoms with van der Waals surface area (Å²) >= 11 is 0. The van der Waals surface area contributed by atoms with Crippen molar-refractivity contribution in [2.24, 2.45) is 0 Å². The predicted octanol–water partition coefficient (Wildman–Crippen LogP) is -3.64. The lowest BCUT2D eigenvalue weighted by molar-refractivity contribution is -0.322. The highest BCUT2D eigenvalue weighted by Crippen LogP contribution is 2.32. The Balaban J connectivity index is 2.18. The van der Waals surface area contributed by atoms with Gasteiger partial charge in [0, 0.05) is 0 Å². The van der Waals surface area contributed by atoms with Crippen molar-refractivity contribution in [3.8, 4) is 6.07 Å². The lowest BCUT2D eigenvalue weighted by Crippen LogP contribution is -2.61. The van der Waals surface area contributed by atoms with Gasteiger partial charge in [0.15, 0.2) is 6.29 Å². The second-order valence-electron chi connectivity index (χ2n) is 5.01. The van der Waals surface area contributed by atoms with Gasteiger partial charge in [-0.05, 0) is 6.08 Å². The Morgan fingerprint density at radius 1 is 1.14 bits per heavy atom. The third kappa shape index (κ3) is 2.68. The Morgan fingerprint density at radius 2 is 1.81 bits per heavy atom. The van der Waals surface area contributed by atoms with Gasteiger partial charge in [0.25, 0.3) is 0 Å². The zero-order chi connectivity index (χ0) is 15.8. The molecule has 0 aromatic carbocycles. The van der Waals surface area contributed by atoms with Crippen LogP contribution in [0.3, 0.4) is 0 Å². The van der Waals surface area contributed by atoms with E-state index in [1.165, 1.54) is 0 Å². The Labute approximate surface area is 119 Å². The van der Waals surface area contributed by atoms with Crippen LogP contribution in [0, 0.1) is 11.3 Å². The van der Waals surface area contributed by atoms with Gasteiger partial charge in [-0.2, -0.15) is 5.26 Å². The molecule has 1 saturated heterocycles. The lowest BCUT2D eigenvalue weighted by atomic mass is 9.97. The Bertz CT molecular complexity index is 449. The topological polar surface area (TPSA) is 164 Å². The summed E-state index contributed by atoms with van der Waals surface area (Å²) in [6.45, 7) is -0.647. The van der Waals surface area contributed by atoms with Crippen LogP contribution in [0.15, 0.2) is 12.2 Å². The van der Waals surface area contributed by atoms with Crippen LogP contribution in [-0.2, 0) is 9.47 Å². The van der Waals surface area contributed by atoms with Gasteiger partial charge in [-0.1, -0.05) is 6.08 Å². The monoisotopic (exact) mass is 303 g/mol. The number of hydrogen-bond acceptors (Lipinski definition) is 9. The molecule has 0 spiro atoms. The average Bonchev–Trinajstić information content (AvgIpc) is 2.77. The first-order valence-electron chi connectivity index (χ1n) is 6.31. The third-order valence-electron chi connectivity index (χ3n) is 3.64. The number of aliphatic hydroxyl groups excluding tert-OH is 6. The fourth-order valence-corrected chi connectivity index (χ4v) is 2.29. The van der Waals surface area contributed by atoms with E-state index in [-0.39, 0.29) is 0 Å². The molecule has 0 unspecified atom stereocenters. The molecule has 118 valence electrons. The molecule has 0 aromatic heterocycles. The molecule has 9 heteroatoms. The highest BCUT2D eigenvalue weighted by Gasteiger charge is 2.52. The molecule has 9 nitrogen and oxygen atoms in total. The number of nitriles is 1. The highest BCUT2D eigenvalue weighted by atomic mass is 16.7. The molecular weight excluding hydrogens is 286 g/mol. The van der Waals surface area contributed by atoms with Gasteiger partial charge in [-0.3, -0.25) is 0 Å². The highest BCUT2D eigenvalue weighted by molar-refractivity contribution is 5.29. The number of ether oxygens (including phenoxy) is 2. The molecule has 8 atom stereocenters. The van der Waals surface area contributed by atoms with Gasteiger partial charge in [-0.25, -0.2) is 0 Å². The smallest absolute Gasteiger partial charge is 0.204 e. The van der Waals surface area contributed by atoms with E-state index < -0.39 is 55.1 Å². The SMILES string of the molecule is N#C[C@@]1(O[C@H]2O[C@@H](CO)[C@@H](O)[C@@H](O)[C@H]2O)C=C[C@@H](O)[C@@H]1O. The van der Waals surface area contributed by atoms with Crippen molar-refractivity contribution in [3.05, 3.63) is 12.2 Å². The zero-order valence-corrected chi connectivity index (χ0v) is 10.9. The minimum atomic E-state index is -1.97. The summed E-state index contributed by atoms with van der Waals surface area (Å²) in [7, 11) is 0. The first kappa shape index (κ1) is 16.3.